The van der Waals surface area contributed by atoms with E-state index < -0.39 is 0 Å². The van der Waals surface area contributed by atoms with Crippen LogP contribution in [0.2, 0.25) is 0 Å². The van der Waals surface area contributed by atoms with Crippen LogP contribution in [-0.2, 0) is 0 Å². The Morgan fingerprint density at radius 2 is 0.831 bits per heavy atom. The van der Waals surface area contributed by atoms with E-state index in [1.54, 1.807) is 0 Å². The summed E-state index contributed by atoms with van der Waals surface area (Å²) in [4.78, 5) is 2.55. The van der Waals surface area contributed by atoms with Gasteiger partial charge in [0.05, 0.1) is 11.4 Å². The molecule has 13 rings (SSSR count). The number of anilines is 3. The van der Waals surface area contributed by atoms with Gasteiger partial charge in [-0.15, -0.1) is 22.7 Å². The number of hydrogen-bond donors (Lipinski definition) is 0. The molecule has 0 saturated carbocycles. The Kier molecular flexibility index (Phi) is 8.97. The van der Waals surface area contributed by atoms with E-state index in [1.807, 2.05) is 22.7 Å². The summed E-state index contributed by atoms with van der Waals surface area (Å²) in [5, 5.41) is 10.1. The molecule has 2 heterocycles. The van der Waals surface area contributed by atoms with Gasteiger partial charge in [-0.3, -0.25) is 0 Å². The van der Waals surface area contributed by atoms with Crippen molar-refractivity contribution in [1.82, 2.24) is 0 Å². The zero-order valence-electron chi connectivity index (χ0n) is 35.3. The van der Waals surface area contributed by atoms with Gasteiger partial charge >= 0.3 is 0 Å². The zero-order chi connectivity index (χ0) is 42.8. The maximum atomic E-state index is 2.55. The number of thiophene rings is 2. The molecule has 65 heavy (non-hydrogen) atoms. The second kappa shape index (κ2) is 15.5. The van der Waals surface area contributed by atoms with Crippen LogP contribution < -0.4 is 4.90 Å². The number of benzene rings is 11. The van der Waals surface area contributed by atoms with Crippen molar-refractivity contribution in [2.24, 2.45) is 0 Å². The van der Waals surface area contributed by atoms with E-state index >= 15 is 0 Å². The summed E-state index contributed by atoms with van der Waals surface area (Å²) in [7, 11) is 0. The summed E-state index contributed by atoms with van der Waals surface area (Å²) < 4.78 is 5.11. The molecule has 3 heteroatoms. The third-order valence-corrected chi connectivity index (χ3v) is 15.3. The van der Waals surface area contributed by atoms with Crippen LogP contribution in [0.15, 0.2) is 237 Å². The van der Waals surface area contributed by atoms with Crippen molar-refractivity contribution in [2.45, 2.75) is 0 Å². The molecule has 304 valence electrons. The molecule has 0 fully saturated rings. The Bertz CT molecular complexity index is 3920. The van der Waals surface area contributed by atoms with E-state index in [0.717, 1.165) is 17.1 Å². The molecule has 0 aliphatic rings. The zero-order valence-corrected chi connectivity index (χ0v) is 36.9. The van der Waals surface area contributed by atoms with Crippen LogP contribution in [-0.4, -0.2) is 0 Å². The topological polar surface area (TPSA) is 3.24 Å². The Hall–Kier alpha value is -7.82. The Labute approximate surface area is 385 Å². The number of nitrogens with zero attached hydrogens (tertiary/aromatic N) is 1. The van der Waals surface area contributed by atoms with Crippen molar-refractivity contribution in [1.29, 1.82) is 0 Å². The molecule has 0 N–H and O–H groups in total. The summed E-state index contributed by atoms with van der Waals surface area (Å²) >= 11 is 3.77. The third kappa shape index (κ3) is 6.43. The molecule has 0 unspecified atom stereocenters. The van der Waals surface area contributed by atoms with E-state index in [4.69, 9.17) is 0 Å². The van der Waals surface area contributed by atoms with Gasteiger partial charge in [0.15, 0.2) is 0 Å². The van der Waals surface area contributed by atoms with E-state index in [-0.39, 0.29) is 0 Å². The lowest BCUT2D eigenvalue weighted by atomic mass is 9.96. The maximum Gasteiger partial charge on any atom is 0.0561 e. The van der Waals surface area contributed by atoms with Gasteiger partial charge in [0.1, 0.15) is 0 Å². The molecule has 0 bridgehead atoms. The van der Waals surface area contributed by atoms with Crippen LogP contribution in [0.4, 0.5) is 17.1 Å². The standard InChI is InChI=1S/C62H39NS2/c1-4-14-40(15-5-1)46-29-33-54-58(38-46)65-62-52(43-18-8-3-9-19-43)34-35-55(61(54)62)63(56-37-48(41-16-6-2-7-17-41)39-59-60(56)53-22-12-13-23-57(53)64-59)49-30-26-42(27-31-49)45-28-32-51-47(36-45)25-24-44-20-10-11-21-50(44)51/h1-39H. The van der Waals surface area contributed by atoms with Crippen molar-refractivity contribution in [2.75, 3.05) is 4.90 Å². The van der Waals surface area contributed by atoms with Crippen LogP contribution in [0, 0.1) is 0 Å². The second-order valence-electron chi connectivity index (χ2n) is 16.8. The number of rotatable bonds is 7. The van der Waals surface area contributed by atoms with Crippen LogP contribution in [0.5, 0.6) is 0 Å². The first-order chi connectivity index (χ1) is 32.2. The minimum Gasteiger partial charge on any atom is -0.309 e. The first kappa shape index (κ1) is 37.7. The predicted octanol–water partition coefficient (Wildman–Crippen LogP) is 18.9. The van der Waals surface area contributed by atoms with Gasteiger partial charge in [-0.2, -0.15) is 0 Å². The van der Waals surface area contributed by atoms with Gasteiger partial charge in [0.2, 0.25) is 0 Å². The van der Waals surface area contributed by atoms with Crippen LogP contribution in [0.1, 0.15) is 0 Å². The molecule has 0 radical (unpaired) electrons. The van der Waals surface area contributed by atoms with E-state index in [0.29, 0.717) is 0 Å². The minimum atomic E-state index is 1.11. The fraction of sp³-hybridized carbons (Fsp3) is 0. The lowest BCUT2D eigenvalue weighted by molar-refractivity contribution is 1.32. The van der Waals surface area contributed by atoms with Crippen molar-refractivity contribution in [3.63, 3.8) is 0 Å². The van der Waals surface area contributed by atoms with Gasteiger partial charge in [-0.25, -0.2) is 0 Å². The van der Waals surface area contributed by atoms with Gasteiger partial charge in [-0.05, 0) is 115 Å². The number of fused-ring (bicyclic) bond motifs is 9. The van der Waals surface area contributed by atoms with Gasteiger partial charge in [0, 0.05) is 46.0 Å². The molecule has 0 amide bonds. The molecule has 0 atom stereocenters. The first-order valence-electron chi connectivity index (χ1n) is 22.1. The summed E-state index contributed by atoms with van der Waals surface area (Å²) in [6.07, 6.45) is 0. The molecular weight excluding hydrogens is 823 g/mol. The van der Waals surface area contributed by atoms with E-state index in [1.165, 1.54) is 106 Å². The van der Waals surface area contributed by atoms with Gasteiger partial charge < -0.3 is 4.90 Å². The molecule has 0 saturated heterocycles. The predicted molar refractivity (Wildman–Crippen MR) is 284 cm³/mol. The monoisotopic (exact) mass is 861 g/mol. The summed E-state index contributed by atoms with van der Waals surface area (Å²) in [6, 6.07) is 87.3. The highest BCUT2D eigenvalue weighted by atomic mass is 32.1. The highest BCUT2D eigenvalue weighted by Crippen LogP contribution is 2.52. The van der Waals surface area contributed by atoms with Gasteiger partial charge in [-0.1, -0.05) is 188 Å². The summed E-state index contributed by atoms with van der Waals surface area (Å²) in [5.74, 6) is 0. The SMILES string of the molecule is c1ccc(-c2ccc3c(c2)sc2c(-c4ccccc4)ccc(N(c4ccc(-c5ccc6c(ccc7ccccc76)c5)cc4)c4cc(-c5ccccc5)cc5sc6ccccc6c45)c23)cc1. The largest absolute Gasteiger partial charge is 0.309 e. The van der Waals surface area contributed by atoms with Crippen molar-refractivity contribution < 1.29 is 0 Å². The highest BCUT2D eigenvalue weighted by molar-refractivity contribution is 7.26. The van der Waals surface area contributed by atoms with Crippen molar-refractivity contribution >= 4 is 102 Å². The maximum absolute atomic E-state index is 2.55. The van der Waals surface area contributed by atoms with Crippen molar-refractivity contribution in [3.05, 3.63) is 237 Å². The highest BCUT2D eigenvalue weighted by Gasteiger charge is 2.25. The van der Waals surface area contributed by atoms with E-state index in [2.05, 4.69) is 241 Å². The second-order valence-corrected chi connectivity index (χ2v) is 19.0. The summed E-state index contributed by atoms with van der Waals surface area (Å²) in [5.41, 5.74) is 13.1. The Morgan fingerprint density at radius 3 is 1.60 bits per heavy atom. The molecule has 2 aromatic heterocycles. The average Bonchev–Trinajstić information content (AvgIpc) is 3.96. The Balaban J connectivity index is 1.08. The van der Waals surface area contributed by atoms with Crippen LogP contribution >= 0.6 is 22.7 Å². The third-order valence-electron chi connectivity index (χ3n) is 13.0. The van der Waals surface area contributed by atoms with E-state index in [9.17, 15) is 0 Å². The molecule has 11 aromatic carbocycles. The summed E-state index contributed by atoms with van der Waals surface area (Å²) in [6.45, 7) is 0. The van der Waals surface area contributed by atoms with Gasteiger partial charge in [0.25, 0.3) is 0 Å². The van der Waals surface area contributed by atoms with Crippen LogP contribution in [0.3, 0.4) is 0 Å². The van der Waals surface area contributed by atoms with Crippen molar-refractivity contribution in [3.8, 4) is 44.5 Å². The quantitative estimate of drug-likeness (QED) is 0.144. The lowest BCUT2D eigenvalue weighted by Crippen LogP contribution is -2.11. The molecule has 0 aliphatic carbocycles. The lowest BCUT2D eigenvalue weighted by Gasteiger charge is -2.29. The normalized spacial score (nSPS) is 11.7. The number of hydrogen-bond acceptors (Lipinski definition) is 3. The molecule has 0 spiro atoms. The van der Waals surface area contributed by atoms with Crippen LogP contribution in [0.25, 0.3) is 106 Å². The molecule has 13 aromatic rings. The smallest absolute Gasteiger partial charge is 0.0561 e. The fourth-order valence-corrected chi connectivity index (χ4v) is 12.4. The Morgan fingerprint density at radius 1 is 0.277 bits per heavy atom. The first-order valence-corrected chi connectivity index (χ1v) is 23.8. The molecule has 1 nitrogen and oxygen atoms in total. The minimum absolute atomic E-state index is 1.11. The molecular formula is C62H39NS2. The average molecular weight is 862 g/mol. The fourth-order valence-electron chi connectivity index (χ4n) is 9.91. The molecule has 0 aliphatic heterocycles.